The number of nitrogens with zero attached hydrogens (tertiary/aromatic N) is 5. The van der Waals surface area contributed by atoms with Gasteiger partial charge in [-0.25, -0.2) is 14.5 Å². The fourth-order valence-electron chi connectivity index (χ4n) is 3.48. The van der Waals surface area contributed by atoms with Crippen LogP contribution in [-0.4, -0.2) is 43.4 Å². The molecule has 0 unspecified atom stereocenters. The fraction of sp³-hybridized carbons (Fsp3) is 0.389. The Kier molecular flexibility index (Phi) is 4.13. The molecule has 2 amide bonds. The second kappa shape index (κ2) is 6.58. The summed E-state index contributed by atoms with van der Waals surface area (Å²) in [6.07, 6.45) is 7.17. The van der Waals surface area contributed by atoms with Crippen molar-refractivity contribution in [2.24, 2.45) is 0 Å². The second-order valence-electron chi connectivity index (χ2n) is 6.40. The van der Waals surface area contributed by atoms with E-state index in [1.165, 1.54) is 5.39 Å². The molecule has 1 N–H and O–H groups in total. The van der Waals surface area contributed by atoms with Crippen LogP contribution in [0, 0.1) is 0 Å². The number of urea groups is 1. The molecule has 2 aromatic heterocycles. The number of anilines is 1. The summed E-state index contributed by atoms with van der Waals surface area (Å²) in [4.78, 5) is 18.4. The zero-order chi connectivity index (χ0) is 17.2. The first-order chi connectivity index (χ1) is 12.2. The molecule has 1 aromatic carbocycles. The molecule has 4 rings (SSSR count). The lowest BCUT2D eigenvalue weighted by molar-refractivity contribution is 0.180. The van der Waals surface area contributed by atoms with E-state index in [0.29, 0.717) is 6.04 Å². The maximum atomic E-state index is 12.6. The molecule has 0 bridgehead atoms. The lowest BCUT2D eigenvalue weighted by atomic mass is 10.1. The van der Waals surface area contributed by atoms with Gasteiger partial charge < -0.3 is 14.8 Å². The van der Waals surface area contributed by atoms with E-state index in [4.69, 9.17) is 0 Å². The van der Waals surface area contributed by atoms with Crippen LogP contribution in [0.15, 0.2) is 43.1 Å². The number of amides is 2. The van der Waals surface area contributed by atoms with Crippen molar-refractivity contribution < 1.29 is 4.79 Å². The van der Waals surface area contributed by atoms with Crippen molar-refractivity contribution in [2.45, 2.75) is 32.4 Å². The van der Waals surface area contributed by atoms with Crippen LogP contribution in [0.1, 0.15) is 25.8 Å². The van der Waals surface area contributed by atoms with E-state index in [2.05, 4.69) is 39.2 Å². The molecule has 1 fully saturated rings. The molecule has 0 saturated carbocycles. The highest BCUT2D eigenvalue weighted by Crippen LogP contribution is 2.23. The number of carbonyl (C=O) groups is 1. The van der Waals surface area contributed by atoms with Gasteiger partial charge in [-0.1, -0.05) is 6.07 Å². The van der Waals surface area contributed by atoms with Crippen molar-refractivity contribution in [3.63, 3.8) is 0 Å². The lowest BCUT2D eigenvalue weighted by Crippen LogP contribution is -2.41. The molecule has 25 heavy (non-hydrogen) atoms. The van der Waals surface area contributed by atoms with Gasteiger partial charge in [-0.15, -0.1) is 0 Å². The van der Waals surface area contributed by atoms with E-state index in [1.54, 1.807) is 12.7 Å². The summed E-state index contributed by atoms with van der Waals surface area (Å²) in [5, 5.41) is 8.42. The molecule has 1 aliphatic heterocycles. The van der Waals surface area contributed by atoms with Gasteiger partial charge in [0.1, 0.15) is 12.7 Å². The molecule has 0 radical (unpaired) electrons. The van der Waals surface area contributed by atoms with Gasteiger partial charge in [0.2, 0.25) is 0 Å². The lowest BCUT2D eigenvalue weighted by Gasteiger charge is -2.31. The summed E-state index contributed by atoms with van der Waals surface area (Å²) in [5.74, 6) is 0. The minimum absolute atomic E-state index is 0.0361. The Bertz CT molecular complexity index is 861. The highest BCUT2D eigenvalue weighted by atomic mass is 16.2. The van der Waals surface area contributed by atoms with E-state index in [1.807, 2.05) is 27.8 Å². The minimum Gasteiger partial charge on any atom is -0.348 e. The molecule has 0 aliphatic carbocycles. The van der Waals surface area contributed by atoms with Gasteiger partial charge >= 0.3 is 6.03 Å². The molecule has 130 valence electrons. The highest BCUT2D eigenvalue weighted by Gasteiger charge is 2.24. The molecule has 1 aliphatic rings. The fourth-order valence-corrected chi connectivity index (χ4v) is 3.48. The Morgan fingerprint density at radius 1 is 1.28 bits per heavy atom. The SMILES string of the molecule is CCn1ccc2ccc(NC(=O)N3CCC(n4cncn4)CC3)cc21. The van der Waals surface area contributed by atoms with Crippen molar-refractivity contribution in [3.05, 3.63) is 43.1 Å². The van der Waals surface area contributed by atoms with Crippen molar-refractivity contribution in [1.82, 2.24) is 24.2 Å². The molecule has 1 saturated heterocycles. The van der Waals surface area contributed by atoms with Gasteiger partial charge in [0.15, 0.2) is 0 Å². The zero-order valence-corrected chi connectivity index (χ0v) is 14.3. The number of hydrogen-bond donors (Lipinski definition) is 1. The smallest absolute Gasteiger partial charge is 0.321 e. The van der Waals surface area contributed by atoms with Gasteiger partial charge in [-0.05, 0) is 43.4 Å². The van der Waals surface area contributed by atoms with Crippen LogP contribution in [0.25, 0.3) is 10.9 Å². The van der Waals surface area contributed by atoms with E-state index >= 15 is 0 Å². The molecule has 0 atom stereocenters. The van der Waals surface area contributed by atoms with Crippen LogP contribution >= 0.6 is 0 Å². The molecule has 7 heteroatoms. The Balaban J connectivity index is 1.40. The Morgan fingerprint density at radius 2 is 2.12 bits per heavy atom. The van der Waals surface area contributed by atoms with Crippen molar-refractivity contribution in [3.8, 4) is 0 Å². The van der Waals surface area contributed by atoms with Crippen LogP contribution in [0.4, 0.5) is 10.5 Å². The summed E-state index contributed by atoms with van der Waals surface area (Å²) in [6, 6.07) is 8.44. The van der Waals surface area contributed by atoms with Crippen LogP contribution in [0.2, 0.25) is 0 Å². The highest BCUT2D eigenvalue weighted by molar-refractivity contribution is 5.92. The summed E-state index contributed by atoms with van der Waals surface area (Å²) in [7, 11) is 0. The Morgan fingerprint density at radius 3 is 2.84 bits per heavy atom. The normalized spacial score (nSPS) is 15.6. The number of hydrogen-bond acceptors (Lipinski definition) is 3. The van der Waals surface area contributed by atoms with Crippen molar-refractivity contribution >= 4 is 22.6 Å². The average Bonchev–Trinajstić information content (AvgIpc) is 3.31. The third kappa shape index (κ3) is 3.09. The molecular weight excluding hydrogens is 316 g/mol. The van der Waals surface area contributed by atoms with Gasteiger partial charge in [0, 0.05) is 31.5 Å². The third-order valence-corrected chi connectivity index (χ3v) is 4.93. The van der Waals surface area contributed by atoms with Crippen molar-refractivity contribution in [1.29, 1.82) is 0 Å². The van der Waals surface area contributed by atoms with Gasteiger partial charge in [0.05, 0.1) is 11.6 Å². The minimum atomic E-state index is -0.0361. The first-order valence-electron chi connectivity index (χ1n) is 8.73. The summed E-state index contributed by atoms with van der Waals surface area (Å²) >= 11 is 0. The number of likely N-dealkylation sites (tertiary alicyclic amines) is 1. The Labute approximate surface area is 146 Å². The molecule has 7 nitrogen and oxygen atoms in total. The number of nitrogens with one attached hydrogen (secondary N) is 1. The number of rotatable bonds is 3. The van der Waals surface area contributed by atoms with Gasteiger partial charge in [-0.2, -0.15) is 5.10 Å². The average molecular weight is 338 g/mol. The maximum Gasteiger partial charge on any atom is 0.321 e. The van der Waals surface area contributed by atoms with Crippen molar-refractivity contribution in [2.75, 3.05) is 18.4 Å². The largest absolute Gasteiger partial charge is 0.348 e. The first kappa shape index (κ1) is 15.7. The summed E-state index contributed by atoms with van der Waals surface area (Å²) in [5.41, 5.74) is 1.98. The molecule has 3 aromatic rings. The predicted octanol–water partition coefficient (Wildman–Crippen LogP) is 3.12. The van der Waals surface area contributed by atoms with Gasteiger partial charge in [-0.3, -0.25) is 0 Å². The topological polar surface area (TPSA) is 68.0 Å². The number of piperidine rings is 1. The van der Waals surface area contributed by atoms with Crippen LogP contribution in [-0.2, 0) is 6.54 Å². The van der Waals surface area contributed by atoms with E-state index in [0.717, 1.165) is 43.7 Å². The monoisotopic (exact) mass is 338 g/mol. The van der Waals surface area contributed by atoms with Crippen LogP contribution in [0.3, 0.4) is 0 Å². The van der Waals surface area contributed by atoms with Gasteiger partial charge in [0.25, 0.3) is 0 Å². The summed E-state index contributed by atoms with van der Waals surface area (Å²) in [6.45, 7) is 4.48. The van der Waals surface area contributed by atoms with E-state index < -0.39 is 0 Å². The number of aromatic nitrogens is 4. The van der Waals surface area contributed by atoms with E-state index in [-0.39, 0.29) is 6.03 Å². The number of aryl methyl sites for hydroxylation is 1. The number of benzene rings is 1. The molecule has 0 spiro atoms. The molecule has 3 heterocycles. The second-order valence-corrected chi connectivity index (χ2v) is 6.40. The molecular formula is C18H22N6O. The number of fused-ring (bicyclic) bond motifs is 1. The maximum absolute atomic E-state index is 12.6. The zero-order valence-electron chi connectivity index (χ0n) is 14.3. The Hall–Kier alpha value is -2.83. The third-order valence-electron chi connectivity index (χ3n) is 4.93. The van der Waals surface area contributed by atoms with Crippen LogP contribution < -0.4 is 5.32 Å². The van der Waals surface area contributed by atoms with E-state index in [9.17, 15) is 4.79 Å². The summed E-state index contributed by atoms with van der Waals surface area (Å²) < 4.78 is 4.07. The quantitative estimate of drug-likeness (QED) is 0.798. The standard InChI is InChI=1S/C18H22N6O/c1-2-22-8-5-14-3-4-15(11-17(14)22)21-18(25)23-9-6-16(7-10-23)24-13-19-12-20-24/h3-5,8,11-13,16H,2,6-7,9-10H2,1H3,(H,21,25). The first-order valence-corrected chi connectivity index (χ1v) is 8.73. The van der Waals surface area contributed by atoms with Crippen LogP contribution in [0.5, 0.6) is 0 Å². The number of carbonyl (C=O) groups excluding carboxylic acids is 1. The predicted molar refractivity (Wildman–Crippen MR) is 96.5 cm³/mol.